The van der Waals surface area contributed by atoms with Crippen LogP contribution in [0.1, 0.15) is 36.0 Å². The molecule has 1 aliphatic carbocycles. The molecule has 3 aromatic rings. The number of benzene rings is 2. The number of aromatic amines is 1. The summed E-state index contributed by atoms with van der Waals surface area (Å²) < 4.78 is 5.39. The molecule has 152 valence electrons. The van der Waals surface area contributed by atoms with E-state index in [1.807, 2.05) is 6.07 Å². The van der Waals surface area contributed by atoms with Crippen molar-refractivity contribution in [2.45, 2.75) is 37.8 Å². The number of hydrogen-bond donors (Lipinski definition) is 3. The first-order valence-electron chi connectivity index (χ1n) is 9.58. The molecule has 0 aliphatic heterocycles. The van der Waals surface area contributed by atoms with Crippen LogP contribution in [0.25, 0.3) is 11.0 Å². The number of H-pyrrole nitrogens is 1. The van der Waals surface area contributed by atoms with Crippen LogP contribution >= 0.6 is 23.2 Å². The zero-order valence-electron chi connectivity index (χ0n) is 16.0. The molecule has 2 aromatic carbocycles. The lowest BCUT2D eigenvalue weighted by molar-refractivity contribution is 0.0599. The van der Waals surface area contributed by atoms with E-state index in [9.17, 15) is 4.79 Å². The summed E-state index contributed by atoms with van der Waals surface area (Å²) in [6.45, 7) is 0. The second kappa shape index (κ2) is 8.61. The predicted octanol–water partition coefficient (Wildman–Crippen LogP) is 5.30. The lowest BCUT2D eigenvalue weighted by Crippen LogP contribution is -2.38. The number of hydrogen-bond acceptors (Lipinski definition) is 4. The summed E-state index contributed by atoms with van der Waals surface area (Å²) >= 11 is 12.4. The summed E-state index contributed by atoms with van der Waals surface area (Å²) in [7, 11) is 1.74. The molecule has 0 saturated heterocycles. The molecule has 1 heterocycles. The van der Waals surface area contributed by atoms with E-state index in [1.54, 1.807) is 37.4 Å². The number of amides is 1. The standard InChI is InChI=1S/C21H22Cl2N4O2/c1-29-14-8-6-13(7-9-14)24-20(28)12-5-10-17-18(11-12)26-21(25-17)27-19-15(22)3-2-4-16(19)23/h2-5,10-11,13-14H,6-9H2,1H3,(H,24,28)(H2,25,26,27). The van der Waals surface area contributed by atoms with Gasteiger partial charge < -0.3 is 20.4 Å². The average molecular weight is 433 g/mol. The zero-order chi connectivity index (χ0) is 20.4. The van der Waals surface area contributed by atoms with Gasteiger partial charge in [0.25, 0.3) is 5.91 Å². The molecule has 29 heavy (non-hydrogen) atoms. The number of para-hydroxylation sites is 1. The van der Waals surface area contributed by atoms with Crippen molar-refractivity contribution in [3.8, 4) is 0 Å². The lowest BCUT2D eigenvalue weighted by Gasteiger charge is -2.28. The third-order valence-corrected chi connectivity index (χ3v) is 5.92. The van der Waals surface area contributed by atoms with Crippen LogP contribution < -0.4 is 10.6 Å². The van der Waals surface area contributed by atoms with Gasteiger partial charge in [-0.25, -0.2) is 4.98 Å². The van der Waals surface area contributed by atoms with Gasteiger partial charge in [-0.15, -0.1) is 0 Å². The van der Waals surface area contributed by atoms with E-state index >= 15 is 0 Å². The highest BCUT2D eigenvalue weighted by atomic mass is 35.5. The first kappa shape index (κ1) is 20.0. The van der Waals surface area contributed by atoms with Crippen LogP contribution in [-0.4, -0.2) is 35.1 Å². The summed E-state index contributed by atoms with van der Waals surface area (Å²) in [6, 6.07) is 10.9. The van der Waals surface area contributed by atoms with Gasteiger partial charge in [0.05, 0.1) is 32.9 Å². The van der Waals surface area contributed by atoms with Crippen LogP contribution in [-0.2, 0) is 4.74 Å². The molecule has 0 unspecified atom stereocenters. The molecule has 6 nitrogen and oxygen atoms in total. The maximum absolute atomic E-state index is 12.7. The van der Waals surface area contributed by atoms with Crippen molar-refractivity contribution in [2.75, 3.05) is 12.4 Å². The molecule has 8 heteroatoms. The number of fused-ring (bicyclic) bond motifs is 1. The van der Waals surface area contributed by atoms with E-state index in [2.05, 4.69) is 20.6 Å². The molecule has 3 N–H and O–H groups in total. The molecular formula is C21H22Cl2N4O2. The molecule has 0 spiro atoms. The summed E-state index contributed by atoms with van der Waals surface area (Å²) in [4.78, 5) is 20.3. The number of carbonyl (C=O) groups excluding carboxylic acids is 1. The monoisotopic (exact) mass is 432 g/mol. The topological polar surface area (TPSA) is 79.0 Å². The molecule has 1 amide bonds. The van der Waals surface area contributed by atoms with Gasteiger partial charge in [-0.3, -0.25) is 4.79 Å². The number of methoxy groups -OCH3 is 1. The number of halogens is 2. The quantitative estimate of drug-likeness (QED) is 0.510. The van der Waals surface area contributed by atoms with E-state index < -0.39 is 0 Å². The van der Waals surface area contributed by atoms with Gasteiger partial charge in [0.2, 0.25) is 5.95 Å². The highest BCUT2D eigenvalue weighted by Crippen LogP contribution is 2.32. The zero-order valence-corrected chi connectivity index (χ0v) is 17.5. The number of anilines is 2. The molecule has 1 aliphatic rings. The van der Waals surface area contributed by atoms with Crippen molar-refractivity contribution >= 4 is 51.8 Å². The fourth-order valence-corrected chi connectivity index (χ4v) is 4.15. The van der Waals surface area contributed by atoms with Crippen LogP contribution in [0.4, 0.5) is 11.6 Å². The van der Waals surface area contributed by atoms with E-state index in [0.717, 1.165) is 36.7 Å². The molecular weight excluding hydrogens is 411 g/mol. The van der Waals surface area contributed by atoms with Gasteiger partial charge in [-0.1, -0.05) is 29.3 Å². The number of imidazole rings is 1. The highest BCUT2D eigenvalue weighted by Gasteiger charge is 2.22. The number of nitrogens with zero attached hydrogens (tertiary/aromatic N) is 1. The number of aromatic nitrogens is 2. The van der Waals surface area contributed by atoms with Crippen LogP contribution in [0.3, 0.4) is 0 Å². The van der Waals surface area contributed by atoms with Crippen LogP contribution in [0.5, 0.6) is 0 Å². The van der Waals surface area contributed by atoms with Gasteiger partial charge >= 0.3 is 0 Å². The summed E-state index contributed by atoms with van der Waals surface area (Å²) in [6.07, 6.45) is 4.12. The summed E-state index contributed by atoms with van der Waals surface area (Å²) in [5, 5.41) is 7.24. The van der Waals surface area contributed by atoms with Crippen LogP contribution in [0, 0.1) is 0 Å². The molecule has 1 saturated carbocycles. The van der Waals surface area contributed by atoms with Gasteiger partial charge in [-0.2, -0.15) is 0 Å². The Labute approximate surface area is 178 Å². The Hall–Kier alpha value is -2.28. The Bertz CT molecular complexity index is 1010. The molecule has 0 bridgehead atoms. The Kier molecular flexibility index (Phi) is 5.94. The summed E-state index contributed by atoms with van der Waals surface area (Å²) in [5.74, 6) is 0.427. The van der Waals surface area contributed by atoms with E-state index in [-0.39, 0.29) is 11.9 Å². The summed E-state index contributed by atoms with van der Waals surface area (Å²) in [5.41, 5.74) is 2.68. The second-order valence-corrected chi connectivity index (χ2v) is 8.04. The normalized spacial score (nSPS) is 19.3. The SMILES string of the molecule is COC1CCC(NC(=O)c2ccc3nc(Nc4c(Cl)cccc4Cl)[nH]c3c2)CC1. The minimum absolute atomic E-state index is 0.0778. The average Bonchev–Trinajstić information content (AvgIpc) is 3.13. The molecule has 4 rings (SSSR count). The minimum Gasteiger partial charge on any atom is -0.381 e. The number of ether oxygens (including phenoxy) is 1. The van der Waals surface area contributed by atoms with Gasteiger partial charge in [0, 0.05) is 18.7 Å². The highest BCUT2D eigenvalue weighted by molar-refractivity contribution is 6.39. The number of nitrogens with one attached hydrogen (secondary N) is 3. The Morgan fingerprint density at radius 2 is 1.86 bits per heavy atom. The number of rotatable bonds is 5. The van der Waals surface area contributed by atoms with Gasteiger partial charge in [-0.05, 0) is 56.0 Å². The second-order valence-electron chi connectivity index (χ2n) is 7.22. The maximum atomic E-state index is 12.7. The van der Waals surface area contributed by atoms with Crippen LogP contribution in [0.2, 0.25) is 10.0 Å². The Morgan fingerprint density at radius 1 is 1.14 bits per heavy atom. The van der Waals surface area contributed by atoms with E-state index in [4.69, 9.17) is 27.9 Å². The third-order valence-electron chi connectivity index (χ3n) is 5.29. The number of carbonyl (C=O) groups is 1. The predicted molar refractivity (Wildman–Crippen MR) is 116 cm³/mol. The Morgan fingerprint density at radius 3 is 2.55 bits per heavy atom. The van der Waals surface area contributed by atoms with E-state index in [0.29, 0.717) is 33.3 Å². The molecule has 0 atom stereocenters. The van der Waals surface area contributed by atoms with Crippen molar-refractivity contribution in [1.82, 2.24) is 15.3 Å². The molecule has 1 aromatic heterocycles. The Balaban J connectivity index is 1.47. The fraction of sp³-hybridized carbons (Fsp3) is 0.333. The molecule has 0 radical (unpaired) electrons. The van der Waals surface area contributed by atoms with Crippen molar-refractivity contribution in [2.24, 2.45) is 0 Å². The maximum Gasteiger partial charge on any atom is 0.251 e. The van der Waals surface area contributed by atoms with Crippen molar-refractivity contribution < 1.29 is 9.53 Å². The first-order chi connectivity index (χ1) is 14.0. The van der Waals surface area contributed by atoms with Crippen molar-refractivity contribution in [1.29, 1.82) is 0 Å². The van der Waals surface area contributed by atoms with Gasteiger partial charge in [0.1, 0.15) is 0 Å². The van der Waals surface area contributed by atoms with Crippen molar-refractivity contribution in [3.05, 3.63) is 52.0 Å². The minimum atomic E-state index is -0.0778. The van der Waals surface area contributed by atoms with E-state index in [1.165, 1.54) is 0 Å². The molecule has 1 fully saturated rings. The van der Waals surface area contributed by atoms with Gasteiger partial charge in [0.15, 0.2) is 0 Å². The van der Waals surface area contributed by atoms with Crippen molar-refractivity contribution in [3.63, 3.8) is 0 Å². The first-order valence-corrected chi connectivity index (χ1v) is 10.3. The fourth-order valence-electron chi connectivity index (χ4n) is 3.66. The third kappa shape index (κ3) is 4.50. The lowest BCUT2D eigenvalue weighted by atomic mass is 9.93. The van der Waals surface area contributed by atoms with Crippen LogP contribution in [0.15, 0.2) is 36.4 Å². The smallest absolute Gasteiger partial charge is 0.251 e. The largest absolute Gasteiger partial charge is 0.381 e.